The van der Waals surface area contributed by atoms with Crippen LogP contribution in [0.4, 0.5) is 0 Å². The molecular weight excluding hydrogens is 1710 g/mol. The fraction of sp³-hybridized carbons (Fsp3) is 0.595. The van der Waals surface area contributed by atoms with Crippen molar-refractivity contribution in [2.75, 3.05) is 26.4 Å². The van der Waals surface area contributed by atoms with Crippen LogP contribution in [0.25, 0.3) is 0 Å². The molecule has 8 radical (unpaired) electrons. The number of ether oxygens (including phenoxy) is 6. The molecule has 20 atom stereocenters. The van der Waals surface area contributed by atoms with Crippen LogP contribution >= 0.6 is 161 Å². The molecule has 3 aliphatic heterocycles. The van der Waals surface area contributed by atoms with Crippen molar-refractivity contribution in [3.8, 4) is 11.5 Å². The minimum atomic E-state index is -1.39. The maximum atomic E-state index is 13.4. The molecule has 4 saturated carbocycles. The van der Waals surface area contributed by atoms with Gasteiger partial charge in [-0.1, -0.05) is 55.7 Å². The Morgan fingerprint density at radius 2 is 0.926 bits per heavy atom. The molecule has 81 heavy (non-hydrogen) atoms. The van der Waals surface area contributed by atoms with Crippen LogP contribution in [0.5, 0.6) is 11.5 Å². The van der Waals surface area contributed by atoms with Gasteiger partial charge in [-0.15, -0.1) is 98.2 Å². The first-order chi connectivity index (χ1) is 34.8. The van der Waals surface area contributed by atoms with Crippen LogP contribution in [-0.2, 0) is 191 Å². The van der Waals surface area contributed by atoms with E-state index in [-0.39, 0.29) is 266 Å². The molecule has 3 heterocycles. The van der Waals surface area contributed by atoms with Crippen molar-refractivity contribution in [3.05, 3.63) is 59.7 Å². The molecule has 5 fully saturated rings. The monoisotopic (exact) mass is 1780 g/mol. The van der Waals surface area contributed by atoms with Gasteiger partial charge in [-0.05, 0) is 138 Å². The van der Waals surface area contributed by atoms with Gasteiger partial charge in [-0.25, -0.2) is 0 Å². The van der Waals surface area contributed by atoms with Crippen LogP contribution in [0.15, 0.2) is 48.5 Å². The number of carbonyl (C=O) groups excluding carboxylic acids is 5. The van der Waals surface area contributed by atoms with Gasteiger partial charge in [0.1, 0.15) is 17.3 Å². The Kier molecular flexibility index (Phi) is 48.8. The van der Waals surface area contributed by atoms with Gasteiger partial charge in [-0.2, -0.15) is 0 Å². The van der Waals surface area contributed by atoms with Crippen LogP contribution in [0.2, 0.25) is 0 Å². The first-order valence-corrected chi connectivity index (χ1v) is 59.5. The van der Waals surface area contributed by atoms with Gasteiger partial charge in [0.2, 0.25) is 0 Å². The minimum absolute atomic E-state index is 0. The quantitative estimate of drug-likeness (QED) is 0.0868. The van der Waals surface area contributed by atoms with Crippen LogP contribution in [0.1, 0.15) is 101 Å². The van der Waals surface area contributed by atoms with E-state index in [1.54, 1.807) is 32.0 Å². The van der Waals surface area contributed by atoms with Crippen molar-refractivity contribution in [3.63, 3.8) is 0 Å². The second kappa shape index (κ2) is 42.9. The smallest absolute Gasteiger partial charge is 0.329 e. The first kappa shape index (κ1) is 92.2. The van der Waals surface area contributed by atoms with E-state index >= 15 is 0 Å². The van der Waals surface area contributed by atoms with Crippen LogP contribution in [-0.4, -0.2) is 61.9 Å². The number of Topliss-reactive ketones (excluding diaryl/α,β-unsaturated/α-hetero) is 1. The first-order valence-electron chi connectivity index (χ1n) is 24.0. The van der Waals surface area contributed by atoms with Gasteiger partial charge in [0.05, 0.1) is 26.4 Å². The van der Waals surface area contributed by atoms with E-state index < -0.39 is 46.4 Å². The van der Waals surface area contributed by atoms with E-state index in [0.717, 1.165) is 56.1 Å². The molecule has 39 heteroatoms. The van der Waals surface area contributed by atoms with E-state index in [2.05, 4.69) is 98.2 Å². The van der Waals surface area contributed by atoms with Gasteiger partial charge >= 0.3 is 23.9 Å². The summed E-state index contributed by atoms with van der Waals surface area (Å²) < 4.78 is 34.7. The maximum Gasteiger partial charge on any atom is 0.329 e. The molecule has 2 aromatic carbocycles. The molecule has 1 saturated heterocycles. The largest absolute Gasteiger partial charge is 0.465 e. The molecule has 11 nitrogen and oxygen atoms in total. The molecule has 4 aliphatic carbocycles. The number of para-hydroxylation sites is 2. The molecule has 7 aliphatic rings. The summed E-state index contributed by atoms with van der Waals surface area (Å²) in [5.41, 5.74) is -1.06. The third-order valence-electron chi connectivity index (χ3n) is 14.9. The van der Waals surface area contributed by atoms with E-state index in [9.17, 15) is 24.0 Å². The predicted molar refractivity (Wildman–Crippen MR) is 357 cm³/mol. The van der Waals surface area contributed by atoms with Crippen molar-refractivity contribution in [2.45, 2.75) is 95.7 Å². The van der Waals surface area contributed by atoms with Crippen molar-refractivity contribution in [2.24, 2.45) is 34.5 Å². The molecule has 1 spiro atoms. The summed E-state index contributed by atoms with van der Waals surface area (Å²) in [6, 6.07) is 14.7. The number of benzene rings is 2. The average Bonchev–Trinajstić information content (AvgIpc) is 3.86. The van der Waals surface area contributed by atoms with E-state index in [1.807, 2.05) is 30.3 Å². The summed E-state index contributed by atoms with van der Waals surface area (Å²) in [6.07, 6.45) is 7.43. The van der Waals surface area contributed by atoms with Gasteiger partial charge in [-0.3, -0.25) is 24.0 Å². The minimum Gasteiger partial charge on any atom is -0.465 e. The third-order valence-corrected chi connectivity index (χ3v) is 140. The van der Waals surface area contributed by atoms with Crippen LogP contribution in [0.3, 0.4) is 0 Å². The Balaban J connectivity index is 0. The van der Waals surface area contributed by atoms with Crippen molar-refractivity contribution in [1.82, 2.24) is 0 Å². The standard InChI is InChI=1S/C22H26O6.C20H22O5.H22P20.8V/c1-2-25-19(23)22-16-9-5-8-15(16)21(26-11-6-12-27-21)13-17(22)14-7-3-4-10-18(14)28-20(22)24;1-2-24-18(22)20-14-9-5-3-7-12(14)16(21)11-15(20)13-8-4-6-10-17(13)25-19(20)23;1-12(2)17(11)20(18(13(3)4)14(5)6)19(15(7)8)16(9)10;;;;;;;;/h3-4,7,10,15-17H,2,5-6,8-9,11-13H2,1H3;4,6,8,10,12,14-15H,2-3,5,7,9,11H2,1H3;1-11H2;;;;;;;;. The fourth-order valence-corrected chi connectivity index (χ4v) is 239. The summed E-state index contributed by atoms with van der Waals surface area (Å²) >= 11 is 0. The van der Waals surface area contributed by atoms with Gasteiger partial charge < -0.3 is 28.4 Å². The SMILES string of the molecule is CCOC(=O)C12C(=O)Oc3ccccc3C1CC(=O)C1CCCCC12.CCOC(=O)C12C(=O)Oc3ccccc3C1CC1(OCCCO1)C1CCCC12.PP(P)P(P)P(P(P(P)P)P(P)P)P(P(P)P)P(P)P.[V].[V].[V].[V].[V].[V].[V].[V]. The number of rotatable bonds is 12. The average molecular weight is 1780 g/mol. The molecule has 0 N–H and O–H groups in total. The zero-order valence-corrected chi connectivity index (χ0v) is 76.4. The van der Waals surface area contributed by atoms with Gasteiger partial charge in [0, 0.05) is 191 Å². The Labute approximate surface area is 611 Å². The second-order valence-corrected chi connectivity index (χ2v) is 97.2. The summed E-state index contributed by atoms with van der Waals surface area (Å²) in [5, 5.41) is 0. The Morgan fingerprint density at radius 3 is 1.37 bits per heavy atom. The third kappa shape index (κ3) is 20.2. The molecule has 9 rings (SSSR count). The molecule has 0 aromatic heterocycles. The van der Waals surface area contributed by atoms with E-state index in [1.165, 1.54) is 0 Å². The Bertz CT molecular complexity index is 2310. The Hall–Kier alpha value is 9.19. The molecule has 20 unspecified atom stereocenters. The summed E-state index contributed by atoms with van der Waals surface area (Å²) in [4.78, 5) is 65.9. The maximum absolute atomic E-state index is 13.4. The van der Waals surface area contributed by atoms with Gasteiger partial charge in [0.15, 0.2) is 16.6 Å². The normalized spacial score (nSPS) is 26.4. The molecule has 0 amide bonds. The summed E-state index contributed by atoms with van der Waals surface area (Å²) in [5.74, 6) is -3.22. The predicted octanol–water partition coefficient (Wildman–Crippen LogP) is 17.5. The number of hydrogen-bond acceptors (Lipinski definition) is 11. The number of fused-ring (bicyclic) bond motifs is 11. The second-order valence-electron chi connectivity index (χ2n) is 18.5. The molecule has 444 valence electrons. The molecule has 0 bridgehead atoms. The number of carbonyl (C=O) groups is 5. The van der Waals surface area contributed by atoms with Crippen molar-refractivity contribution >= 4 is 191 Å². The van der Waals surface area contributed by atoms with Gasteiger partial charge in [0.25, 0.3) is 0 Å². The number of ketones is 1. The number of esters is 4. The van der Waals surface area contributed by atoms with Crippen molar-refractivity contribution < 1.29 is 201 Å². The Morgan fingerprint density at radius 1 is 0.519 bits per heavy atom. The topological polar surface area (TPSA) is 141 Å². The summed E-state index contributed by atoms with van der Waals surface area (Å²) in [6.45, 7) is 5.86. The molecular formula is C42H70O11P20V8. The van der Waals surface area contributed by atoms with Crippen LogP contribution in [0, 0.1) is 34.5 Å². The molecule has 2 aromatic rings. The van der Waals surface area contributed by atoms with Crippen LogP contribution < -0.4 is 9.47 Å². The van der Waals surface area contributed by atoms with Crippen molar-refractivity contribution in [1.29, 1.82) is 0 Å². The zero-order chi connectivity index (χ0) is 53.2. The number of hydrogen-bond donors (Lipinski definition) is 0. The van der Waals surface area contributed by atoms with E-state index in [4.69, 9.17) is 28.4 Å². The van der Waals surface area contributed by atoms with E-state index in [0.29, 0.717) is 37.6 Å². The summed E-state index contributed by atoms with van der Waals surface area (Å²) in [7, 11) is 34.7. The zero-order valence-electron chi connectivity index (χ0n) is 44.4. The fourth-order valence-electron chi connectivity index (χ4n) is 12.2.